The van der Waals surface area contributed by atoms with E-state index in [1.54, 1.807) is 0 Å². The Morgan fingerprint density at radius 3 is 2.17 bits per heavy atom. The molecule has 0 amide bonds. The summed E-state index contributed by atoms with van der Waals surface area (Å²) in [5, 5.41) is 0. The first-order chi connectivity index (χ1) is 8.45. The molecule has 0 radical (unpaired) electrons. The number of allylic oxidation sites excluding steroid dienone is 2. The van der Waals surface area contributed by atoms with E-state index in [-0.39, 0.29) is 0 Å². The van der Waals surface area contributed by atoms with Crippen molar-refractivity contribution in [2.45, 2.75) is 48.0 Å². The molecular formula is C16H22N2. The molecule has 2 heteroatoms. The van der Waals surface area contributed by atoms with Crippen LogP contribution < -0.4 is 0 Å². The fourth-order valence-corrected chi connectivity index (χ4v) is 2.58. The van der Waals surface area contributed by atoms with Crippen molar-refractivity contribution < 1.29 is 0 Å². The molecule has 0 aromatic carbocycles. The van der Waals surface area contributed by atoms with E-state index in [1.165, 1.54) is 33.7 Å². The molecule has 0 bridgehead atoms. The third kappa shape index (κ3) is 1.96. The maximum atomic E-state index is 4.64. The molecule has 2 nitrogen and oxygen atoms in total. The fourth-order valence-electron chi connectivity index (χ4n) is 2.58. The second-order valence-electron chi connectivity index (χ2n) is 5.10. The molecule has 18 heavy (non-hydrogen) atoms. The molecule has 96 valence electrons. The van der Waals surface area contributed by atoms with Crippen LogP contribution in [0.25, 0.3) is 6.08 Å². The first-order valence-corrected chi connectivity index (χ1v) is 6.59. The SMILES string of the molecule is CCc1c(C)[nH]c(/C=C2\N=C(C)C(C)=C2C)c1C. The number of aromatic nitrogens is 1. The van der Waals surface area contributed by atoms with Crippen molar-refractivity contribution in [2.75, 3.05) is 0 Å². The third-order valence-electron chi connectivity index (χ3n) is 4.04. The topological polar surface area (TPSA) is 28.1 Å². The van der Waals surface area contributed by atoms with Gasteiger partial charge in [-0.2, -0.15) is 0 Å². The molecule has 1 N–H and O–H groups in total. The van der Waals surface area contributed by atoms with Gasteiger partial charge in [-0.05, 0) is 69.4 Å². The van der Waals surface area contributed by atoms with E-state index in [9.17, 15) is 0 Å². The Labute approximate surface area is 110 Å². The lowest BCUT2D eigenvalue weighted by Crippen LogP contribution is -1.87. The zero-order valence-electron chi connectivity index (χ0n) is 12.2. The van der Waals surface area contributed by atoms with E-state index >= 15 is 0 Å². The Hall–Kier alpha value is -1.57. The summed E-state index contributed by atoms with van der Waals surface area (Å²) in [6, 6.07) is 0. The Bertz CT molecular complexity index is 580. The average molecular weight is 242 g/mol. The van der Waals surface area contributed by atoms with Crippen molar-refractivity contribution in [2.24, 2.45) is 4.99 Å². The first kappa shape index (κ1) is 12.9. The molecule has 0 spiro atoms. The van der Waals surface area contributed by atoms with Gasteiger partial charge in [-0.25, -0.2) is 0 Å². The summed E-state index contributed by atoms with van der Waals surface area (Å²) in [6.45, 7) is 12.9. The van der Waals surface area contributed by atoms with Crippen LogP contribution in [0.4, 0.5) is 0 Å². The van der Waals surface area contributed by atoms with Crippen molar-refractivity contribution in [3.63, 3.8) is 0 Å². The molecule has 0 saturated carbocycles. The highest BCUT2D eigenvalue weighted by atomic mass is 14.8. The zero-order chi connectivity index (χ0) is 13.4. The summed E-state index contributed by atoms with van der Waals surface area (Å²) in [5.74, 6) is 0. The van der Waals surface area contributed by atoms with Crippen molar-refractivity contribution in [1.82, 2.24) is 4.98 Å². The van der Waals surface area contributed by atoms with Crippen LogP contribution >= 0.6 is 0 Å². The van der Waals surface area contributed by atoms with E-state index in [2.05, 4.69) is 57.6 Å². The minimum atomic E-state index is 1.08. The standard InChI is InChI=1S/C16H22N2/c1-7-14-11(4)16(18-13(14)6)8-15-10(3)9(2)12(5)17-15/h8,18H,7H2,1-6H3/b15-8-. The maximum Gasteiger partial charge on any atom is 0.0686 e. The van der Waals surface area contributed by atoms with E-state index in [4.69, 9.17) is 0 Å². The van der Waals surface area contributed by atoms with Gasteiger partial charge in [-0.15, -0.1) is 0 Å². The highest BCUT2D eigenvalue weighted by molar-refractivity contribution is 6.03. The Balaban J connectivity index is 2.48. The van der Waals surface area contributed by atoms with Crippen LogP contribution in [0, 0.1) is 13.8 Å². The quantitative estimate of drug-likeness (QED) is 0.799. The van der Waals surface area contributed by atoms with E-state index < -0.39 is 0 Å². The lowest BCUT2D eigenvalue weighted by molar-refractivity contribution is 1.08. The van der Waals surface area contributed by atoms with Crippen molar-refractivity contribution in [3.05, 3.63) is 39.4 Å². The molecule has 2 rings (SSSR count). The predicted octanol–water partition coefficient (Wildman–Crippen LogP) is 4.35. The predicted molar refractivity (Wildman–Crippen MR) is 79.1 cm³/mol. The number of aromatic amines is 1. The summed E-state index contributed by atoms with van der Waals surface area (Å²) in [5.41, 5.74) is 10.1. The lowest BCUT2D eigenvalue weighted by Gasteiger charge is -1.99. The summed E-state index contributed by atoms with van der Waals surface area (Å²) in [7, 11) is 0. The van der Waals surface area contributed by atoms with Crippen LogP contribution in [0.5, 0.6) is 0 Å². The fraction of sp³-hybridized carbons (Fsp3) is 0.438. The summed E-state index contributed by atoms with van der Waals surface area (Å²) < 4.78 is 0. The van der Waals surface area contributed by atoms with Gasteiger partial charge in [0.2, 0.25) is 0 Å². The van der Waals surface area contributed by atoms with Crippen molar-refractivity contribution >= 4 is 11.8 Å². The Morgan fingerprint density at radius 2 is 1.72 bits per heavy atom. The molecule has 2 heterocycles. The number of aliphatic imine (C=N–C) groups is 1. The number of rotatable bonds is 2. The van der Waals surface area contributed by atoms with Gasteiger partial charge >= 0.3 is 0 Å². The van der Waals surface area contributed by atoms with Crippen LogP contribution in [0.1, 0.15) is 50.2 Å². The van der Waals surface area contributed by atoms with Gasteiger partial charge in [0.25, 0.3) is 0 Å². The minimum Gasteiger partial charge on any atom is -0.359 e. The van der Waals surface area contributed by atoms with Crippen LogP contribution in [-0.2, 0) is 6.42 Å². The number of hydrogen-bond donors (Lipinski definition) is 1. The number of nitrogens with one attached hydrogen (secondary N) is 1. The van der Waals surface area contributed by atoms with Crippen LogP contribution in [0.2, 0.25) is 0 Å². The number of hydrogen-bond acceptors (Lipinski definition) is 1. The van der Waals surface area contributed by atoms with Crippen LogP contribution in [0.15, 0.2) is 21.8 Å². The molecule has 0 aliphatic carbocycles. The second kappa shape index (κ2) is 4.60. The third-order valence-corrected chi connectivity index (χ3v) is 4.04. The average Bonchev–Trinajstić information content (AvgIpc) is 2.72. The van der Waals surface area contributed by atoms with E-state index in [0.29, 0.717) is 0 Å². The van der Waals surface area contributed by atoms with Gasteiger partial charge in [0.1, 0.15) is 0 Å². The Morgan fingerprint density at radius 1 is 1.06 bits per heavy atom. The zero-order valence-corrected chi connectivity index (χ0v) is 12.2. The second-order valence-corrected chi connectivity index (χ2v) is 5.10. The van der Waals surface area contributed by atoms with Crippen molar-refractivity contribution in [1.29, 1.82) is 0 Å². The molecular weight excluding hydrogens is 220 g/mol. The molecule has 0 atom stereocenters. The minimum absolute atomic E-state index is 1.08. The van der Waals surface area contributed by atoms with Gasteiger partial charge in [-0.1, -0.05) is 6.92 Å². The molecule has 0 fully saturated rings. The summed E-state index contributed by atoms with van der Waals surface area (Å²) >= 11 is 0. The molecule has 0 saturated heterocycles. The van der Waals surface area contributed by atoms with E-state index in [0.717, 1.165) is 17.8 Å². The van der Waals surface area contributed by atoms with Gasteiger partial charge in [0.15, 0.2) is 0 Å². The number of nitrogens with zero attached hydrogens (tertiary/aromatic N) is 1. The van der Waals surface area contributed by atoms with Crippen molar-refractivity contribution in [3.8, 4) is 0 Å². The summed E-state index contributed by atoms with van der Waals surface area (Å²) in [4.78, 5) is 8.11. The molecule has 1 aromatic rings. The molecule has 1 aromatic heterocycles. The number of H-pyrrole nitrogens is 1. The highest BCUT2D eigenvalue weighted by Gasteiger charge is 2.15. The lowest BCUT2D eigenvalue weighted by atomic mass is 10.1. The largest absolute Gasteiger partial charge is 0.359 e. The maximum absolute atomic E-state index is 4.64. The summed E-state index contributed by atoms with van der Waals surface area (Å²) in [6.07, 6.45) is 3.25. The molecule has 1 aliphatic rings. The van der Waals surface area contributed by atoms with Gasteiger partial charge in [0, 0.05) is 17.1 Å². The molecule has 0 unspecified atom stereocenters. The smallest absolute Gasteiger partial charge is 0.0686 e. The monoisotopic (exact) mass is 242 g/mol. The molecule has 1 aliphatic heterocycles. The van der Waals surface area contributed by atoms with Gasteiger partial charge in [-0.3, -0.25) is 4.99 Å². The van der Waals surface area contributed by atoms with Crippen LogP contribution in [0.3, 0.4) is 0 Å². The normalized spacial score (nSPS) is 17.9. The van der Waals surface area contributed by atoms with Gasteiger partial charge in [0.05, 0.1) is 5.70 Å². The van der Waals surface area contributed by atoms with Gasteiger partial charge < -0.3 is 4.98 Å². The highest BCUT2D eigenvalue weighted by Crippen LogP contribution is 2.28. The number of aryl methyl sites for hydroxylation is 1. The Kier molecular flexibility index (Phi) is 3.29. The van der Waals surface area contributed by atoms with Crippen LogP contribution in [-0.4, -0.2) is 10.7 Å². The van der Waals surface area contributed by atoms with E-state index in [1.807, 2.05) is 0 Å². The first-order valence-electron chi connectivity index (χ1n) is 6.59.